The number of likely N-dealkylation sites (tertiary alicyclic amines) is 1. The molecule has 2 unspecified atom stereocenters. The summed E-state index contributed by atoms with van der Waals surface area (Å²) in [5.74, 6) is 0.681. The van der Waals surface area contributed by atoms with Crippen LogP contribution in [0.5, 0.6) is 0 Å². The Balaban J connectivity index is 1.76. The Labute approximate surface area is 139 Å². The van der Waals surface area contributed by atoms with Crippen LogP contribution in [0, 0.1) is 5.41 Å². The van der Waals surface area contributed by atoms with Crippen molar-refractivity contribution in [1.82, 2.24) is 10.2 Å². The Bertz CT molecular complexity index is 479. The number of hydrogen-bond acceptors (Lipinski definition) is 4. The Morgan fingerprint density at radius 3 is 2.96 bits per heavy atom. The van der Waals surface area contributed by atoms with Crippen molar-refractivity contribution in [3.8, 4) is 0 Å². The highest BCUT2D eigenvalue weighted by molar-refractivity contribution is 5.78. The predicted octanol–water partition coefficient (Wildman–Crippen LogP) is 2.72. The Hall–Kier alpha value is -1.33. The number of rotatable bonds is 7. The lowest BCUT2D eigenvalue weighted by atomic mass is 9.92. The maximum atomic E-state index is 12.1. The molecule has 1 aromatic rings. The third-order valence-electron chi connectivity index (χ3n) is 4.41. The van der Waals surface area contributed by atoms with Gasteiger partial charge in [-0.1, -0.05) is 20.8 Å². The average molecular weight is 322 g/mol. The van der Waals surface area contributed by atoms with E-state index in [1.54, 1.807) is 18.4 Å². The number of nitrogens with zero attached hydrogens (tertiary/aromatic N) is 1. The molecule has 1 aromatic heterocycles. The number of hydrogen-bond donors (Lipinski definition) is 2. The second-order valence-corrected chi connectivity index (χ2v) is 7.69. The van der Waals surface area contributed by atoms with E-state index in [0.717, 1.165) is 32.4 Å². The molecule has 1 fully saturated rings. The van der Waals surface area contributed by atoms with Crippen molar-refractivity contribution >= 4 is 5.91 Å². The van der Waals surface area contributed by atoms with Crippen LogP contribution in [0.15, 0.2) is 22.8 Å². The summed E-state index contributed by atoms with van der Waals surface area (Å²) in [4.78, 5) is 14.3. The fourth-order valence-corrected chi connectivity index (χ4v) is 3.04. The lowest BCUT2D eigenvalue weighted by Gasteiger charge is -2.25. The summed E-state index contributed by atoms with van der Waals surface area (Å²) in [5, 5.41) is 13.2. The SMILES string of the molecule is CC(C)(C)CCNC(=O)CN1CCCC1CC(O)c1ccco1. The van der Waals surface area contributed by atoms with Gasteiger partial charge in [0.1, 0.15) is 11.9 Å². The van der Waals surface area contributed by atoms with Gasteiger partial charge in [-0.25, -0.2) is 0 Å². The van der Waals surface area contributed by atoms with Crippen molar-refractivity contribution in [1.29, 1.82) is 0 Å². The van der Waals surface area contributed by atoms with Gasteiger partial charge in [-0.2, -0.15) is 0 Å². The number of aliphatic hydroxyl groups is 1. The van der Waals surface area contributed by atoms with Gasteiger partial charge in [-0.05, 0) is 49.8 Å². The molecule has 1 amide bonds. The van der Waals surface area contributed by atoms with Crippen LogP contribution in [0.3, 0.4) is 0 Å². The number of nitrogens with one attached hydrogen (secondary N) is 1. The molecule has 23 heavy (non-hydrogen) atoms. The number of carbonyl (C=O) groups excluding carboxylic acids is 1. The maximum absolute atomic E-state index is 12.1. The van der Waals surface area contributed by atoms with Gasteiger partial charge in [0.2, 0.25) is 5.91 Å². The highest BCUT2D eigenvalue weighted by Crippen LogP contribution is 2.27. The molecule has 1 aliphatic rings. The van der Waals surface area contributed by atoms with Crippen LogP contribution in [-0.4, -0.2) is 41.6 Å². The van der Waals surface area contributed by atoms with Gasteiger partial charge in [0.25, 0.3) is 0 Å². The summed E-state index contributed by atoms with van der Waals surface area (Å²) in [6.45, 7) is 8.57. The van der Waals surface area contributed by atoms with E-state index < -0.39 is 6.10 Å². The summed E-state index contributed by atoms with van der Waals surface area (Å²) in [5.41, 5.74) is 0.233. The van der Waals surface area contributed by atoms with Gasteiger partial charge >= 0.3 is 0 Å². The largest absolute Gasteiger partial charge is 0.467 e. The summed E-state index contributed by atoms with van der Waals surface area (Å²) < 4.78 is 5.26. The molecule has 2 N–H and O–H groups in total. The van der Waals surface area contributed by atoms with Crippen LogP contribution in [0.1, 0.15) is 58.3 Å². The van der Waals surface area contributed by atoms with E-state index in [9.17, 15) is 9.90 Å². The zero-order valence-electron chi connectivity index (χ0n) is 14.5. The van der Waals surface area contributed by atoms with Gasteiger partial charge in [0, 0.05) is 12.6 Å². The number of carbonyl (C=O) groups is 1. The van der Waals surface area contributed by atoms with Crippen LogP contribution in [-0.2, 0) is 4.79 Å². The van der Waals surface area contributed by atoms with Gasteiger partial charge in [-0.3, -0.25) is 9.69 Å². The molecule has 2 rings (SSSR count). The Morgan fingerprint density at radius 1 is 1.52 bits per heavy atom. The first-order valence-electron chi connectivity index (χ1n) is 8.57. The van der Waals surface area contributed by atoms with Crippen molar-refractivity contribution in [2.45, 2.75) is 58.6 Å². The van der Waals surface area contributed by atoms with E-state index in [1.165, 1.54) is 0 Å². The highest BCUT2D eigenvalue weighted by Gasteiger charge is 2.29. The maximum Gasteiger partial charge on any atom is 0.234 e. The first-order chi connectivity index (χ1) is 10.8. The molecule has 0 radical (unpaired) electrons. The van der Waals surface area contributed by atoms with Crippen LogP contribution >= 0.6 is 0 Å². The molecule has 130 valence electrons. The summed E-state index contributed by atoms with van der Waals surface area (Å²) in [6.07, 6.45) is 4.66. The summed E-state index contributed by atoms with van der Waals surface area (Å²) in [6, 6.07) is 3.82. The molecule has 5 heteroatoms. The number of furan rings is 1. The molecule has 2 atom stereocenters. The molecule has 1 saturated heterocycles. The third-order valence-corrected chi connectivity index (χ3v) is 4.41. The van der Waals surface area contributed by atoms with Gasteiger partial charge in [0.15, 0.2) is 0 Å². The second-order valence-electron chi connectivity index (χ2n) is 7.69. The van der Waals surface area contributed by atoms with Crippen LogP contribution in [0.4, 0.5) is 0 Å². The molecular formula is C18H30N2O3. The minimum atomic E-state index is -0.598. The van der Waals surface area contributed by atoms with E-state index in [-0.39, 0.29) is 17.4 Å². The number of amides is 1. The molecule has 2 heterocycles. The topological polar surface area (TPSA) is 65.7 Å². The monoisotopic (exact) mass is 322 g/mol. The average Bonchev–Trinajstić information content (AvgIpc) is 3.09. The van der Waals surface area contributed by atoms with Gasteiger partial charge < -0.3 is 14.8 Å². The zero-order valence-corrected chi connectivity index (χ0v) is 14.5. The fourth-order valence-electron chi connectivity index (χ4n) is 3.04. The van der Waals surface area contributed by atoms with E-state index in [1.807, 2.05) is 0 Å². The zero-order chi connectivity index (χ0) is 16.9. The molecule has 5 nitrogen and oxygen atoms in total. The summed E-state index contributed by atoms with van der Waals surface area (Å²) in [7, 11) is 0. The van der Waals surface area contributed by atoms with Gasteiger partial charge in [-0.15, -0.1) is 0 Å². The minimum absolute atomic E-state index is 0.0774. The molecule has 0 aromatic carbocycles. The lowest BCUT2D eigenvalue weighted by molar-refractivity contribution is -0.122. The van der Waals surface area contributed by atoms with Gasteiger partial charge in [0.05, 0.1) is 12.8 Å². The normalized spacial score (nSPS) is 20.6. The van der Waals surface area contributed by atoms with Crippen molar-refractivity contribution in [3.63, 3.8) is 0 Å². The van der Waals surface area contributed by atoms with Crippen LogP contribution < -0.4 is 5.32 Å². The van der Waals surface area contributed by atoms with Crippen molar-refractivity contribution in [3.05, 3.63) is 24.2 Å². The Morgan fingerprint density at radius 2 is 2.30 bits per heavy atom. The standard InChI is InChI=1S/C18H30N2O3/c1-18(2,3)8-9-19-17(22)13-20-10-4-6-14(20)12-15(21)16-7-5-11-23-16/h5,7,11,14-15,21H,4,6,8-10,12-13H2,1-3H3,(H,19,22). The second kappa shape index (κ2) is 7.97. The smallest absolute Gasteiger partial charge is 0.234 e. The summed E-state index contributed by atoms with van der Waals surface area (Å²) >= 11 is 0. The quantitative estimate of drug-likeness (QED) is 0.810. The third kappa shape index (κ3) is 5.99. The van der Waals surface area contributed by atoms with Crippen LogP contribution in [0.25, 0.3) is 0 Å². The Kier molecular flexibility index (Phi) is 6.25. The predicted molar refractivity (Wildman–Crippen MR) is 90.0 cm³/mol. The molecule has 1 aliphatic heterocycles. The number of aliphatic hydroxyl groups excluding tert-OH is 1. The first-order valence-corrected chi connectivity index (χ1v) is 8.57. The van der Waals surface area contributed by atoms with E-state index in [0.29, 0.717) is 18.7 Å². The van der Waals surface area contributed by atoms with E-state index in [2.05, 4.69) is 31.0 Å². The van der Waals surface area contributed by atoms with E-state index in [4.69, 9.17) is 4.42 Å². The lowest BCUT2D eigenvalue weighted by Crippen LogP contribution is -2.41. The van der Waals surface area contributed by atoms with Crippen molar-refractivity contribution < 1.29 is 14.3 Å². The van der Waals surface area contributed by atoms with E-state index >= 15 is 0 Å². The first kappa shape index (κ1) is 18.0. The molecule has 0 bridgehead atoms. The highest BCUT2D eigenvalue weighted by atomic mass is 16.4. The molecule has 0 spiro atoms. The molecule has 0 aliphatic carbocycles. The fraction of sp³-hybridized carbons (Fsp3) is 0.722. The molecular weight excluding hydrogens is 292 g/mol. The van der Waals surface area contributed by atoms with Crippen LogP contribution in [0.2, 0.25) is 0 Å². The molecule has 0 saturated carbocycles. The van der Waals surface area contributed by atoms with Crippen molar-refractivity contribution in [2.24, 2.45) is 5.41 Å². The van der Waals surface area contributed by atoms with Crippen molar-refractivity contribution in [2.75, 3.05) is 19.6 Å². The minimum Gasteiger partial charge on any atom is -0.467 e.